The van der Waals surface area contributed by atoms with Crippen molar-refractivity contribution in [1.29, 1.82) is 0 Å². The number of rotatable bonds is 9. The topological polar surface area (TPSA) is 160 Å². The zero-order valence-electron chi connectivity index (χ0n) is 35.4. The Hall–Kier alpha value is -5.93. The summed E-state index contributed by atoms with van der Waals surface area (Å²) in [5.74, 6) is 6.52. The minimum atomic E-state index is -2.85. The molecule has 63 heavy (non-hydrogen) atoms. The lowest BCUT2D eigenvalue weighted by atomic mass is 9.85. The van der Waals surface area contributed by atoms with Gasteiger partial charge in [0.1, 0.15) is 17.4 Å². The Balaban J connectivity index is 0.714. The highest BCUT2D eigenvalue weighted by atomic mass is 19.3. The number of amides is 3. The molecule has 2 aliphatic carbocycles. The van der Waals surface area contributed by atoms with Gasteiger partial charge in [0.25, 0.3) is 12.3 Å². The molecule has 0 bridgehead atoms. The van der Waals surface area contributed by atoms with Crippen molar-refractivity contribution in [2.75, 3.05) is 62.6 Å². The highest BCUT2D eigenvalue weighted by molar-refractivity contribution is 6.08. The van der Waals surface area contributed by atoms with Crippen molar-refractivity contribution in [2.24, 2.45) is 18.4 Å². The van der Waals surface area contributed by atoms with E-state index in [4.69, 9.17) is 4.98 Å². The maximum absolute atomic E-state index is 14.3. The third kappa shape index (κ3) is 8.12. The number of nitrogens with one attached hydrogen (secondary N) is 2. The van der Waals surface area contributed by atoms with Crippen molar-refractivity contribution in [3.05, 3.63) is 70.2 Å². The number of anilines is 2. The summed E-state index contributed by atoms with van der Waals surface area (Å²) in [6, 6.07) is 6.65. The van der Waals surface area contributed by atoms with Gasteiger partial charge < -0.3 is 15.1 Å². The van der Waals surface area contributed by atoms with Crippen molar-refractivity contribution in [1.82, 2.24) is 48.6 Å². The van der Waals surface area contributed by atoms with Crippen LogP contribution >= 0.6 is 0 Å². The molecule has 5 fully saturated rings. The number of carbonyl (C=O) groups is 3. The zero-order valence-corrected chi connectivity index (χ0v) is 35.4. The molecule has 7 heterocycles. The monoisotopic (exact) mass is 862 g/mol. The Morgan fingerprint density at radius 3 is 2.46 bits per heavy atom. The van der Waals surface area contributed by atoms with Crippen LogP contribution in [0.25, 0.3) is 16.7 Å². The van der Waals surface area contributed by atoms with Crippen molar-refractivity contribution < 1.29 is 23.2 Å². The normalized spacial score (nSPS) is 23.0. The number of imidazole rings is 1. The number of halogens is 2. The van der Waals surface area contributed by atoms with E-state index in [0.717, 1.165) is 90.2 Å². The number of fused-ring (bicyclic) bond motifs is 2. The zero-order chi connectivity index (χ0) is 43.4. The standard InChI is InChI=1S/C45H52F2N12O4/c1-53-39-30(4-2-6-34(39)59(44(53)63)35-11-12-37(60)51-43(35)62)5-3-18-54-22-24-55(25-23-54)27-29-7-9-31(10-8-29)58-28-33(38(52-58)40(46)47)49-42(61)32-26-48-57-19-13-36(50-41(32)57)56-20-16-45(14-15-45)17-21-56/h2,4,6,13,19,26,28-29,31,35,40H,7-12,14-18,20-25,27H2,1H3,(H,49,61)(H,51,60,62)/t29-,31-,35?. The van der Waals surface area contributed by atoms with Crippen LogP contribution in [-0.2, 0) is 16.6 Å². The maximum atomic E-state index is 14.3. The third-order valence-electron chi connectivity index (χ3n) is 14.2. The van der Waals surface area contributed by atoms with E-state index in [0.29, 0.717) is 40.1 Å². The maximum Gasteiger partial charge on any atom is 0.329 e. The van der Waals surface area contributed by atoms with Crippen LogP contribution in [0.3, 0.4) is 0 Å². The van der Waals surface area contributed by atoms with Crippen LogP contribution in [0.2, 0.25) is 0 Å². The number of carbonyl (C=O) groups excluding carboxylic acids is 3. The summed E-state index contributed by atoms with van der Waals surface area (Å²) >= 11 is 0. The summed E-state index contributed by atoms with van der Waals surface area (Å²) in [5, 5.41) is 13.7. The van der Waals surface area contributed by atoms with Gasteiger partial charge in [-0.3, -0.25) is 38.4 Å². The highest BCUT2D eigenvalue weighted by Gasteiger charge is 2.44. The molecule has 16 nitrogen and oxygen atoms in total. The van der Waals surface area contributed by atoms with Crippen LogP contribution in [0.4, 0.5) is 20.3 Å². The quantitative estimate of drug-likeness (QED) is 0.159. The first kappa shape index (κ1) is 41.1. The first-order valence-corrected chi connectivity index (χ1v) is 22.3. The fraction of sp³-hybridized carbons (Fsp3) is 0.533. The van der Waals surface area contributed by atoms with Gasteiger partial charge in [0, 0.05) is 71.7 Å². The molecular formula is C45H52F2N12O4. The minimum absolute atomic E-state index is 0.00694. The molecule has 0 radical (unpaired) electrons. The van der Waals surface area contributed by atoms with E-state index in [1.54, 1.807) is 28.6 Å². The Morgan fingerprint density at radius 1 is 0.968 bits per heavy atom. The molecule has 2 N–H and O–H groups in total. The largest absolute Gasteiger partial charge is 0.356 e. The van der Waals surface area contributed by atoms with E-state index in [1.165, 1.54) is 28.2 Å². The van der Waals surface area contributed by atoms with Crippen LogP contribution in [0.5, 0.6) is 0 Å². The number of piperazine rings is 1. The van der Waals surface area contributed by atoms with Crippen molar-refractivity contribution in [3.8, 4) is 11.8 Å². The van der Waals surface area contributed by atoms with Crippen LogP contribution < -0.4 is 21.2 Å². The fourth-order valence-electron chi connectivity index (χ4n) is 10.2. The van der Waals surface area contributed by atoms with Crippen LogP contribution in [0, 0.1) is 23.2 Å². The van der Waals surface area contributed by atoms with E-state index in [-0.39, 0.29) is 41.7 Å². The number of para-hydroxylation sites is 1. The first-order chi connectivity index (χ1) is 30.5. The number of alkyl halides is 2. The van der Waals surface area contributed by atoms with Gasteiger partial charge in [0.05, 0.1) is 41.1 Å². The number of imide groups is 1. The SMILES string of the molecule is Cn1c(=O)n(C2CCC(=O)NC2=O)c2cccc(C#CCN3CCN(C[C@H]4CC[C@H](n5cc(NC(=O)c6cnn7ccc(N8CCC9(CC8)CC9)nc67)c(C(F)F)n5)CC4)CC3)c21. The molecule has 4 aromatic heterocycles. The Bertz CT molecular complexity index is 2700. The van der Waals surface area contributed by atoms with Crippen LogP contribution in [0.15, 0.2) is 47.7 Å². The molecule has 5 aliphatic rings. The van der Waals surface area contributed by atoms with Gasteiger partial charge in [-0.05, 0) is 87.3 Å². The molecule has 3 aliphatic heterocycles. The van der Waals surface area contributed by atoms with Gasteiger partial charge in [-0.25, -0.2) is 23.1 Å². The molecule has 2 saturated carbocycles. The summed E-state index contributed by atoms with van der Waals surface area (Å²) in [6.45, 7) is 7.00. The molecule has 1 atom stereocenters. The molecule has 1 spiro atoms. The molecule has 5 aromatic rings. The number of hydrogen-bond donors (Lipinski definition) is 2. The number of nitrogens with zero attached hydrogens (tertiary/aromatic N) is 10. The Labute approximate surface area is 362 Å². The molecule has 18 heteroatoms. The molecule has 1 aromatic carbocycles. The van der Waals surface area contributed by atoms with E-state index in [9.17, 15) is 28.0 Å². The Kier molecular flexibility index (Phi) is 10.9. The fourth-order valence-corrected chi connectivity index (χ4v) is 10.2. The number of hydrogen-bond acceptors (Lipinski definition) is 10. The molecule has 330 valence electrons. The average Bonchev–Trinajstić information content (AvgIpc) is 3.57. The van der Waals surface area contributed by atoms with Gasteiger partial charge >= 0.3 is 5.69 Å². The van der Waals surface area contributed by atoms with E-state index in [1.807, 2.05) is 24.3 Å². The van der Waals surface area contributed by atoms with Gasteiger partial charge in [-0.1, -0.05) is 17.9 Å². The summed E-state index contributed by atoms with van der Waals surface area (Å²) in [7, 11) is 1.68. The van der Waals surface area contributed by atoms with Gasteiger partial charge in [0.15, 0.2) is 11.3 Å². The smallest absolute Gasteiger partial charge is 0.329 e. The number of aromatic nitrogens is 7. The molecule has 10 rings (SSSR count). The molecule has 3 saturated heterocycles. The average molecular weight is 863 g/mol. The summed E-state index contributed by atoms with van der Waals surface area (Å²) in [4.78, 5) is 63.1. The number of aryl methyl sites for hydroxylation is 1. The van der Waals surface area contributed by atoms with Crippen molar-refractivity contribution >= 4 is 45.9 Å². The van der Waals surface area contributed by atoms with Crippen molar-refractivity contribution in [2.45, 2.75) is 82.7 Å². The predicted molar refractivity (Wildman–Crippen MR) is 231 cm³/mol. The summed E-state index contributed by atoms with van der Waals surface area (Å²) < 4.78 is 34.8. The minimum Gasteiger partial charge on any atom is -0.356 e. The summed E-state index contributed by atoms with van der Waals surface area (Å²) in [6.07, 6.45) is 10.8. The first-order valence-electron chi connectivity index (χ1n) is 22.3. The lowest BCUT2D eigenvalue weighted by Gasteiger charge is -2.37. The summed E-state index contributed by atoms with van der Waals surface area (Å²) in [5.41, 5.74) is 2.38. The van der Waals surface area contributed by atoms with Gasteiger partial charge in [0.2, 0.25) is 11.8 Å². The Morgan fingerprint density at radius 2 is 1.73 bits per heavy atom. The number of benzene rings is 1. The molecule has 3 amide bonds. The van der Waals surface area contributed by atoms with E-state index in [2.05, 4.69) is 47.4 Å². The predicted octanol–water partition coefficient (Wildman–Crippen LogP) is 4.53. The lowest BCUT2D eigenvalue weighted by molar-refractivity contribution is -0.135. The van der Waals surface area contributed by atoms with Crippen LogP contribution in [0.1, 0.15) is 104 Å². The van der Waals surface area contributed by atoms with Gasteiger partial charge in [-0.15, -0.1) is 0 Å². The molecule has 1 unspecified atom stereocenters. The number of piperidine rings is 2. The molecular weight excluding hydrogens is 811 g/mol. The lowest BCUT2D eigenvalue weighted by Crippen LogP contribution is -2.48. The third-order valence-corrected chi connectivity index (χ3v) is 14.2. The highest BCUT2D eigenvalue weighted by Crippen LogP contribution is 2.53. The second-order valence-electron chi connectivity index (χ2n) is 18.2. The second-order valence-corrected chi connectivity index (χ2v) is 18.2. The van der Waals surface area contributed by atoms with Crippen molar-refractivity contribution in [3.63, 3.8) is 0 Å². The van der Waals surface area contributed by atoms with Gasteiger partial charge in [-0.2, -0.15) is 10.2 Å². The van der Waals surface area contributed by atoms with Crippen LogP contribution in [-0.4, -0.2) is 113 Å². The van der Waals surface area contributed by atoms with E-state index < -0.39 is 30.0 Å². The second kappa shape index (κ2) is 16.6. The van der Waals surface area contributed by atoms with E-state index >= 15 is 0 Å².